The fourth-order valence-electron chi connectivity index (χ4n) is 1.16. The first-order valence-electron chi connectivity index (χ1n) is 4.65. The monoisotopic (exact) mass is 210 g/mol. The van der Waals surface area contributed by atoms with Crippen LogP contribution in [0.4, 0.5) is 0 Å². The maximum Gasteiger partial charge on any atom is 0.220 e. The molecule has 0 N–H and O–H groups in total. The summed E-state index contributed by atoms with van der Waals surface area (Å²) in [5.41, 5.74) is 1.18. The Labute approximate surface area is 85.5 Å². The summed E-state index contributed by atoms with van der Waals surface area (Å²) in [5, 5.41) is 0.782. The predicted molar refractivity (Wildman–Crippen MR) is 60.6 cm³/mol. The summed E-state index contributed by atoms with van der Waals surface area (Å²) in [6.07, 6.45) is 2.69. The molecule has 1 atom stereocenters. The van der Waals surface area contributed by atoms with Gasteiger partial charge in [0.2, 0.25) is 8.03 Å². The highest BCUT2D eigenvalue weighted by Crippen LogP contribution is 2.20. The molecule has 1 unspecified atom stereocenters. The van der Waals surface area contributed by atoms with Crippen LogP contribution in [0.3, 0.4) is 0 Å². The van der Waals surface area contributed by atoms with E-state index in [2.05, 4.69) is 6.58 Å². The van der Waals surface area contributed by atoms with Crippen molar-refractivity contribution in [2.24, 2.45) is 0 Å². The van der Waals surface area contributed by atoms with Crippen molar-refractivity contribution in [3.63, 3.8) is 0 Å². The molecule has 0 radical (unpaired) electrons. The summed E-state index contributed by atoms with van der Waals surface area (Å²) < 4.78 is 16.5. The Kier molecular flexibility index (Phi) is 4.64. The van der Waals surface area contributed by atoms with Crippen molar-refractivity contribution >= 4 is 13.3 Å². The summed E-state index contributed by atoms with van der Waals surface area (Å²) >= 11 is 0. The minimum Gasteiger partial charge on any atom is -0.328 e. The van der Waals surface area contributed by atoms with E-state index in [0.717, 1.165) is 11.7 Å². The Morgan fingerprint density at radius 3 is 2.57 bits per heavy atom. The summed E-state index contributed by atoms with van der Waals surface area (Å²) in [4.78, 5) is 0. The molecule has 1 aromatic carbocycles. The first-order valence-corrected chi connectivity index (χ1v) is 5.96. The first-order chi connectivity index (χ1) is 6.77. The van der Waals surface area contributed by atoms with E-state index in [1.54, 1.807) is 0 Å². The Bertz CT molecular complexity index is 317. The highest BCUT2D eigenvalue weighted by molar-refractivity contribution is 7.48. The Hall–Kier alpha value is -0.850. The van der Waals surface area contributed by atoms with Crippen molar-refractivity contribution in [2.75, 3.05) is 6.61 Å². The SMILES string of the molecule is C=CCc1ccc([PH](=O)OCC)cc1. The second kappa shape index (κ2) is 5.79. The average Bonchev–Trinajstić information content (AvgIpc) is 2.20. The number of hydrogen-bond acceptors (Lipinski definition) is 2. The molecule has 0 spiro atoms. The van der Waals surface area contributed by atoms with Gasteiger partial charge in [-0.25, -0.2) is 0 Å². The molecule has 0 bridgehead atoms. The molecule has 0 amide bonds. The lowest BCUT2D eigenvalue weighted by Crippen LogP contribution is -1.98. The molecule has 0 aliphatic carbocycles. The molecule has 1 rings (SSSR count). The smallest absolute Gasteiger partial charge is 0.220 e. The molecule has 14 heavy (non-hydrogen) atoms. The molecule has 0 aromatic heterocycles. The second-order valence-electron chi connectivity index (χ2n) is 2.91. The van der Waals surface area contributed by atoms with Crippen LogP contribution >= 0.6 is 8.03 Å². The highest BCUT2D eigenvalue weighted by Gasteiger charge is 2.01. The van der Waals surface area contributed by atoms with Gasteiger partial charge in [-0.15, -0.1) is 6.58 Å². The highest BCUT2D eigenvalue weighted by atomic mass is 31.1. The lowest BCUT2D eigenvalue weighted by atomic mass is 10.2. The third-order valence-electron chi connectivity index (χ3n) is 1.85. The fourth-order valence-corrected chi connectivity index (χ4v) is 2.03. The minimum atomic E-state index is -2.03. The van der Waals surface area contributed by atoms with E-state index in [1.165, 1.54) is 5.56 Å². The largest absolute Gasteiger partial charge is 0.328 e. The third-order valence-corrected chi connectivity index (χ3v) is 3.20. The van der Waals surface area contributed by atoms with Crippen LogP contribution in [0.2, 0.25) is 0 Å². The minimum absolute atomic E-state index is 0.492. The van der Waals surface area contributed by atoms with Gasteiger partial charge in [-0.05, 0) is 31.0 Å². The van der Waals surface area contributed by atoms with E-state index < -0.39 is 8.03 Å². The standard InChI is InChI=1S/C11H15O2P/c1-3-5-10-6-8-11(9-7-10)14(12)13-4-2/h3,6-9,14H,1,4-5H2,2H3. The van der Waals surface area contributed by atoms with Gasteiger partial charge in [0.25, 0.3) is 0 Å². The van der Waals surface area contributed by atoms with Crippen LogP contribution in [0, 0.1) is 0 Å². The Balaban J connectivity index is 2.72. The van der Waals surface area contributed by atoms with Crippen LogP contribution < -0.4 is 5.30 Å². The van der Waals surface area contributed by atoms with Gasteiger partial charge in [0.05, 0.1) is 6.61 Å². The second-order valence-corrected chi connectivity index (χ2v) is 4.35. The number of benzene rings is 1. The third kappa shape index (κ3) is 3.13. The summed E-state index contributed by atoms with van der Waals surface area (Å²) in [6, 6.07) is 7.63. The van der Waals surface area contributed by atoms with Gasteiger partial charge in [0, 0.05) is 5.30 Å². The molecule has 2 nitrogen and oxygen atoms in total. The van der Waals surface area contributed by atoms with E-state index in [9.17, 15) is 4.57 Å². The van der Waals surface area contributed by atoms with Gasteiger partial charge in [0.1, 0.15) is 0 Å². The van der Waals surface area contributed by atoms with Crippen molar-refractivity contribution in [1.29, 1.82) is 0 Å². The zero-order valence-electron chi connectivity index (χ0n) is 8.32. The van der Waals surface area contributed by atoms with Crippen LogP contribution in [-0.2, 0) is 15.5 Å². The van der Waals surface area contributed by atoms with E-state index >= 15 is 0 Å². The van der Waals surface area contributed by atoms with Gasteiger partial charge in [0.15, 0.2) is 0 Å². The van der Waals surface area contributed by atoms with Crippen molar-refractivity contribution in [3.05, 3.63) is 42.5 Å². The fraction of sp³-hybridized carbons (Fsp3) is 0.273. The average molecular weight is 210 g/mol. The summed E-state index contributed by atoms with van der Waals surface area (Å²) in [7, 11) is -2.03. The van der Waals surface area contributed by atoms with E-state index in [1.807, 2.05) is 37.3 Å². The maximum absolute atomic E-state index is 11.5. The molecule has 0 fully saturated rings. The van der Waals surface area contributed by atoms with Gasteiger partial charge < -0.3 is 4.52 Å². The van der Waals surface area contributed by atoms with Crippen LogP contribution in [0.15, 0.2) is 36.9 Å². The molecular weight excluding hydrogens is 195 g/mol. The van der Waals surface area contributed by atoms with Crippen molar-refractivity contribution in [2.45, 2.75) is 13.3 Å². The van der Waals surface area contributed by atoms with Crippen molar-refractivity contribution in [3.8, 4) is 0 Å². The zero-order valence-corrected chi connectivity index (χ0v) is 9.32. The lowest BCUT2D eigenvalue weighted by molar-refractivity contribution is 0.357. The van der Waals surface area contributed by atoms with Crippen LogP contribution in [-0.4, -0.2) is 6.61 Å². The molecule has 0 heterocycles. The Morgan fingerprint density at radius 1 is 1.43 bits per heavy atom. The quantitative estimate of drug-likeness (QED) is 0.551. The van der Waals surface area contributed by atoms with Crippen molar-refractivity contribution in [1.82, 2.24) is 0 Å². The molecule has 1 aromatic rings. The van der Waals surface area contributed by atoms with E-state index in [0.29, 0.717) is 6.61 Å². The summed E-state index contributed by atoms with van der Waals surface area (Å²) in [6.45, 7) is 6.00. The molecule has 76 valence electrons. The molecule has 0 saturated heterocycles. The molecule has 0 saturated carbocycles. The van der Waals surface area contributed by atoms with Gasteiger partial charge in [-0.2, -0.15) is 0 Å². The lowest BCUT2D eigenvalue weighted by Gasteiger charge is -2.02. The molecule has 0 aliphatic heterocycles. The normalized spacial score (nSPS) is 12.4. The number of hydrogen-bond donors (Lipinski definition) is 0. The van der Waals surface area contributed by atoms with Crippen LogP contribution in [0.25, 0.3) is 0 Å². The van der Waals surface area contributed by atoms with E-state index in [4.69, 9.17) is 4.52 Å². The van der Waals surface area contributed by atoms with E-state index in [-0.39, 0.29) is 0 Å². The van der Waals surface area contributed by atoms with Crippen LogP contribution in [0.1, 0.15) is 12.5 Å². The van der Waals surface area contributed by atoms with Gasteiger partial charge in [-0.3, -0.25) is 4.57 Å². The molecule has 3 heteroatoms. The number of allylic oxidation sites excluding steroid dienone is 1. The van der Waals surface area contributed by atoms with Crippen molar-refractivity contribution < 1.29 is 9.09 Å². The topological polar surface area (TPSA) is 26.3 Å². The predicted octanol–water partition coefficient (Wildman–Crippen LogP) is 2.55. The Morgan fingerprint density at radius 2 is 2.07 bits per heavy atom. The maximum atomic E-state index is 11.5. The van der Waals surface area contributed by atoms with Gasteiger partial charge in [-0.1, -0.05) is 18.2 Å². The first kappa shape index (κ1) is 11.2. The van der Waals surface area contributed by atoms with Crippen LogP contribution in [0.5, 0.6) is 0 Å². The van der Waals surface area contributed by atoms with Gasteiger partial charge >= 0.3 is 0 Å². The summed E-state index contributed by atoms with van der Waals surface area (Å²) in [5.74, 6) is 0. The number of rotatable bonds is 5. The molecule has 0 aliphatic rings. The molecular formula is C11H15O2P. The zero-order chi connectivity index (χ0) is 10.4.